The molecule has 1 N–H and O–H groups in total. The molecule has 0 aliphatic heterocycles. The molecule has 0 heterocycles. The minimum atomic E-state index is -3.11. The van der Waals surface area contributed by atoms with Gasteiger partial charge in [-0.15, -0.1) is 0 Å². The molecule has 0 saturated heterocycles. The molecule has 0 aromatic rings. The van der Waals surface area contributed by atoms with Gasteiger partial charge in [-0.2, -0.15) is 0 Å². The van der Waals surface area contributed by atoms with Crippen LogP contribution in [0.3, 0.4) is 0 Å². The molecule has 0 radical (unpaired) electrons. The SMILES string of the molecule is CN(C(=O)CNCC(C)(C)S(C)(=O)=O)C1CC1. The van der Waals surface area contributed by atoms with Crippen molar-refractivity contribution in [3.05, 3.63) is 0 Å². The molecule has 0 bridgehead atoms. The molecule has 1 amide bonds. The fraction of sp³-hybridized carbons (Fsp3) is 0.909. The summed E-state index contributed by atoms with van der Waals surface area (Å²) in [5, 5.41) is 2.93. The van der Waals surface area contributed by atoms with E-state index in [1.165, 1.54) is 6.26 Å². The number of carbonyl (C=O) groups is 1. The zero-order valence-electron chi connectivity index (χ0n) is 11.0. The number of hydrogen-bond donors (Lipinski definition) is 1. The molecule has 1 fully saturated rings. The van der Waals surface area contributed by atoms with E-state index in [-0.39, 0.29) is 19.0 Å². The van der Waals surface area contributed by atoms with E-state index in [9.17, 15) is 13.2 Å². The van der Waals surface area contributed by atoms with Gasteiger partial charge >= 0.3 is 0 Å². The topological polar surface area (TPSA) is 66.5 Å². The Kier molecular flexibility index (Phi) is 4.19. The summed E-state index contributed by atoms with van der Waals surface area (Å²) >= 11 is 0. The lowest BCUT2D eigenvalue weighted by Gasteiger charge is -2.23. The average Bonchev–Trinajstić information content (AvgIpc) is 2.97. The normalized spacial score (nSPS) is 16.9. The summed E-state index contributed by atoms with van der Waals surface area (Å²) < 4.78 is 22.0. The average molecular weight is 262 g/mol. The Morgan fingerprint density at radius 2 is 1.94 bits per heavy atom. The minimum absolute atomic E-state index is 0.0248. The molecule has 0 unspecified atom stereocenters. The van der Waals surface area contributed by atoms with Gasteiger partial charge in [-0.1, -0.05) is 0 Å². The van der Waals surface area contributed by atoms with E-state index < -0.39 is 14.6 Å². The lowest BCUT2D eigenvalue weighted by atomic mass is 10.2. The van der Waals surface area contributed by atoms with Gasteiger partial charge in [-0.05, 0) is 26.7 Å². The molecule has 17 heavy (non-hydrogen) atoms. The highest BCUT2D eigenvalue weighted by atomic mass is 32.2. The van der Waals surface area contributed by atoms with Crippen molar-refractivity contribution in [2.24, 2.45) is 0 Å². The molecular weight excluding hydrogens is 240 g/mol. The number of nitrogens with one attached hydrogen (secondary N) is 1. The fourth-order valence-electron chi connectivity index (χ4n) is 1.39. The molecule has 1 saturated carbocycles. The Morgan fingerprint density at radius 3 is 2.35 bits per heavy atom. The van der Waals surface area contributed by atoms with Crippen LogP contribution in [0.15, 0.2) is 0 Å². The largest absolute Gasteiger partial charge is 0.342 e. The van der Waals surface area contributed by atoms with E-state index in [1.54, 1.807) is 25.8 Å². The van der Waals surface area contributed by atoms with Crippen LogP contribution in [0.4, 0.5) is 0 Å². The van der Waals surface area contributed by atoms with E-state index in [4.69, 9.17) is 0 Å². The zero-order chi connectivity index (χ0) is 13.3. The molecule has 0 atom stereocenters. The summed E-state index contributed by atoms with van der Waals surface area (Å²) in [6, 6.07) is 0.396. The maximum absolute atomic E-state index is 11.7. The maximum atomic E-state index is 11.7. The van der Waals surface area contributed by atoms with Crippen molar-refractivity contribution in [3.8, 4) is 0 Å². The van der Waals surface area contributed by atoms with E-state index in [1.807, 2.05) is 0 Å². The molecule has 1 aliphatic carbocycles. The molecule has 0 spiro atoms. The molecule has 0 aromatic carbocycles. The van der Waals surface area contributed by atoms with Crippen LogP contribution in [0, 0.1) is 0 Å². The summed E-state index contributed by atoms with van der Waals surface area (Å²) in [5.74, 6) is 0.0248. The smallest absolute Gasteiger partial charge is 0.236 e. The van der Waals surface area contributed by atoms with Crippen molar-refractivity contribution < 1.29 is 13.2 Å². The van der Waals surface area contributed by atoms with Crippen molar-refractivity contribution >= 4 is 15.7 Å². The second kappa shape index (κ2) is 4.94. The van der Waals surface area contributed by atoms with Crippen LogP contribution >= 0.6 is 0 Å². The Balaban J connectivity index is 2.34. The summed E-state index contributed by atoms with van der Waals surface area (Å²) in [6.45, 7) is 3.80. The lowest BCUT2D eigenvalue weighted by Crippen LogP contribution is -2.45. The van der Waals surface area contributed by atoms with Gasteiger partial charge in [0, 0.05) is 25.9 Å². The van der Waals surface area contributed by atoms with Crippen LogP contribution in [0.2, 0.25) is 0 Å². The van der Waals surface area contributed by atoms with E-state index in [0.717, 1.165) is 12.8 Å². The molecule has 1 aliphatic rings. The standard InChI is InChI=1S/C11H22N2O3S/c1-11(2,17(4,15)16)8-12-7-10(14)13(3)9-5-6-9/h9,12H,5-8H2,1-4H3. The second-order valence-corrected chi connectivity index (χ2v) is 8.02. The lowest BCUT2D eigenvalue weighted by molar-refractivity contribution is -0.129. The molecule has 5 nitrogen and oxygen atoms in total. The number of nitrogens with zero attached hydrogens (tertiary/aromatic N) is 1. The third kappa shape index (κ3) is 3.96. The van der Waals surface area contributed by atoms with Crippen molar-refractivity contribution in [1.82, 2.24) is 10.2 Å². The van der Waals surface area contributed by atoms with Gasteiger partial charge in [0.2, 0.25) is 5.91 Å². The Bertz CT molecular complexity index is 386. The monoisotopic (exact) mass is 262 g/mol. The van der Waals surface area contributed by atoms with Crippen LogP contribution < -0.4 is 5.32 Å². The fourth-order valence-corrected chi connectivity index (χ4v) is 1.76. The van der Waals surface area contributed by atoms with Crippen LogP contribution in [0.5, 0.6) is 0 Å². The number of likely N-dealkylation sites (N-methyl/N-ethyl adjacent to an activating group) is 1. The van der Waals surface area contributed by atoms with E-state index in [2.05, 4.69) is 5.32 Å². The van der Waals surface area contributed by atoms with Gasteiger partial charge in [0.1, 0.15) is 0 Å². The van der Waals surface area contributed by atoms with Crippen LogP contribution in [0.1, 0.15) is 26.7 Å². The number of hydrogen-bond acceptors (Lipinski definition) is 4. The highest BCUT2D eigenvalue weighted by Crippen LogP contribution is 2.25. The van der Waals surface area contributed by atoms with Gasteiger partial charge in [-0.3, -0.25) is 4.79 Å². The first-order valence-corrected chi connectivity index (χ1v) is 7.70. The quantitative estimate of drug-likeness (QED) is 0.733. The predicted octanol–water partition coefficient (Wildman–Crippen LogP) is 0.0200. The first-order chi connectivity index (χ1) is 7.65. The van der Waals surface area contributed by atoms with Gasteiger partial charge in [0.25, 0.3) is 0 Å². The highest BCUT2D eigenvalue weighted by molar-refractivity contribution is 7.92. The predicted molar refractivity (Wildman–Crippen MR) is 67.6 cm³/mol. The Labute approximate surface area is 103 Å². The van der Waals surface area contributed by atoms with Crippen molar-refractivity contribution in [2.45, 2.75) is 37.5 Å². The van der Waals surface area contributed by atoms with Crippen molar-refractivity contribution in [3.63, 3.8) is 0 Å². The third-order valence-electron chi connectivity index (χ3n) is 3.32. The van der Waals surface area contributed by atoms with Crippen molar-refractivity contribution in [1.29, 1.82) is 0 Å². The zero-order valence-corrected chi connectivity index (χ0v) is 11.8. The van der Waals surface area contributed by atoms with Crippen LogP contribution in [-0.2, 0) is 14.6 Å². The highest BCUT2D eigenvalue weighted by Gasteiger charge is 2.31. The number of rotatable bonds is 6. The van der Waals surface area contributed by atoms with Gasteiger partial charge in [-0.25, -0.2) is 8.42 Å². The number of carbonyl (C=O) groups excluding carboxylic acids is 1. The number of amides is 1. The maximum Gasteiger partial charge on any atom is 0.236 e. The summed E-state index contributed by atoms with van der Waals surface area (Å²) in [7, 11) is -1.32. The minimum Gasteiger partial charge on any atom is -0.342 e. The van der Waals surface area contributed by atoms with Gasteiger partial charge < -0.3 is 10.2 Å². The molecule has 1 rings (SSSR count). The van der Waals surface area contributed by atoms with E-state index in [0.29, 0.717) is 6.04 Å². The van der Waals surface area contributed by atoms with E-state index >= 15 is 0 Å². The summed E-state index contributed by atoms with van der Waals surface area (Å²) in [6.07, 6.45) is 3.38. The third-order valence-corrected chi connectivity index (χ3v) is 5.47. The van der Waals surface area contributed by atoms with Gasteiger partial charge in [0.15, 0.2) is 9.84 Å². The summed E-state index contributed by atoms with van der Waals surface area (Å²) in [5.41, 5.74) is 0. The van der Waals surface area contributed by atoms with Gasteiger partial charge in [0.05, 0.1) is 11.3 Å². The van der Waals surface area contributed by atoms with Crippen LogP contribution in [0.25, 0.3) is 0 Å². The molecule has 100 valence electrons. The summed E-state index contributed by atoms with van der Waals surface area (Å²) in [4.78, 5) is 13.4. The Morgan fingerprint density at radius 1 is 1.41 bits per heavy atom. The van der Waals surface area contributed by atoms with Crippen molar-refractivity contribution in [2.75, 3.05) is 26.4 Å². The first kappa shape index (κ1) is 14.4. The number of sulfone groups is 1. The Hall–Kier alpha value is -0.620. The second-order valence-electron chi connectivity index (χ2n) is 5.37. The van der Waals surface area contributed by atoms with Crippen LogP contribution in [-0.4, -0.2) is 56.4 Å². The first-order valence-electron chi connectivity index (χ1n) is 5.81. The molecular formula is C11H22N2O3S. The molecule has 0 aromatic heterocycles. The molecule has 6 heteroatoms.